The number of carbonyl (C=O) groups excluding carboxylic acids is 1. The highest BCUT2D eigenvalue weighted by Crippen LogP contribution is 2.08. The van der Waals surface area contributed by atoms with Crippen LogP contribution < -0.4 is 0 Å². The van der Waals surface area contributed by atoms with Crippen LogP contribution in [0.4, 0.5) is 4.39 Å². The lowest BCUT2D eigenvalue weighted by molar-refractivity contribution is 0.0943. The molecule has 0 aliphatic heterocycles. The first kappa shape index (κ1) is 14.4. The van der Waals surface area contributed by atoms with E-state index in [1.54, 1.807) is 6.07 Å². The summed E-state index contributed by atoms with van der Waals surface area (Å²) >= 11 is 0. The number of nitrogens with zero attached hydrogens (tertiary/aromatic N) is 1. The molecule has 0 unspecified atom stereocenters. The van der Waals surface area contributed by atoms with E-state index in [9.17, 15) is 9.18 Å². The molecular formula is C17H18FNO. The number of benzene rings is 2. The number of carbonyl (C=O) groups is 1. The lowest BCUT2D eigenvalue weighted by Gasteiger charge is -2.16. The fraction of sp³-hybridized carbons (Fsp3) is 0.235. The van der Waals surface area contributed by atoms with Gasteiger partial charge < -0.3 is 0 Å². The fourth-order valence-corrected chi connectivity index (χ4v) is 2.08. The smallest absolute Gasteiger partial charge is 0.176 e. The highest BCUT2D eigenvalue weighted by atomic mass is 19.1. The predicted octanol–water partition coefficient (Wildman–Crippen LogP) is 3.45. The van der Waals surface area contributed by atoms with Crippen LogP contribution in [0.3, 0.4) is 0 Å². The molecule has 0 fully saturated rings. The molecule has 0 bridgehead atoms. The maximum Gasteiger partial charge on any atom is 0.176 e. The van der Waals surface area contributed by atoms with Gasteiger partial charge in [0, 0.05) is 12.1 Å². The van der Waals surface area contributed by atoms with Crippen LogP contribution in [0.2, 0.25) is 0 Å². The highest BCUT2D eigenvalue weighted by Gasteiger charge is 2.09. The molecule has 0 saturated carbocycles. The number of likely N-dealkylation sites (N-methyl/N-ethyl adjacent to an activating group) is 1. The number of hydrogen-bond acceptors (Lipinski definition) is 2. The maximum absolute atomic E-state index is 13.1. The molecule has 0 radical (unpaired) electrons. The minimum absolute atomic E-state index is 0.0731. The van der Waals surface area contributed by atoms with E-state index in [-0.39, 0.29) is 11.6 Å². The molecule has 0 saturated heterocycles. The summed E-state index contributed by atoms with van der Waals surface area (Å²) in [6, 6.07) is 14.0. The van der Waals surface area contributed by atoms with Crippen molar-refractivity contribution >= 4 is 5.78 Å². The van der Waals surface area contributed by atoms with Gasteiger partial charge in [0.25, 0.3) is 0 Å². The van der Waals surface area contributed by atoms with Crippen LogP contribution in [-0.2, 0) is 6.54 Å². The van der Waals surface area contributed by atoms with Crippen molar-refractivity contribution in [2.24, 2.45) is 0 Å². The monoisotopic (exact) mass is 271 g/mol. The van der Waals surface area contributed by atoms with Gasteiger partial charge in [-0.25, -0.2) is 4.39 Å². The molecule has 104 valence electrons. The molecule has 0 atom stereocenters. The zero-order valence-corrected chi connectivity index (χ0v) is 11.8. The SMILES string of the molecule is Cc1ccc(C(=O)CN(C)Cc2cccc(F)c2)cc1. The zero-order chi connectivity index (χ0) is 14.5. The van der Waals surface area contributed by atoms with E-state index in [0.29, 0.717) is 18.7 Å². The number of aryl methyl sites for hydroxylation is 1. The average molecular weight is 271 g/mol. The van der Waals surface area contributed by atoms with Crippen LogP contribution in [0.1, 0.15) is 21.5 Å². The average Bonchev–Trinajstić information content (AvgIpc) is 2.39. The molecule has 0 aliphatic rings. The minimum atomic E-state index is -0.249. The van der Waals surface area contributed by atoms with Crippen molar-refractivity contribution in [3.8, 4) is 0 Å². The molecular weight excluding hydrogens is 253 g/mol. The Kier molecular flexibility index (Phi) is 4.64. The quantitative estimate of drug-likeness (QED) is 0.776. The Morgan fingerprint density at radius 2 is 1.85 bits per heavy atom. The van der Waals surface area contributed by atoms with Crippen LogP contribution in [0.5, 0.6) is 0 Å². The van der Waals surface area contributed by atoms with Crippen molar-refractivity contribution in [3.05, 3.63) is 71.0 Å². The number of hydrogen-bond donors (Lipinski definition) is 0. The van der Waals surface area contributed by atoms with Gasteiger partial charge in [0.15, 0.2) is 5.78 Å². The largest absolute Gasteiger partial charge is 0.295 e. The zero-order valence-electron chi connectivity index (χ0n) is 11.8. The summed E-state index contributed by atoms with van der Waals surface area (Å²) in [6.07, 6.45) is 0. The Morgan fingerprint density at radius 1 is 1.15 bits per heavy atom. The van der Waals surface area contributed by atoms with E-state index >= 15 is 0 Å². The Balaban J connectivity index is 1.95. The molecule has 0 heterocycles. The van der Waals surface area contributed by atoms with E-state index in [1.165, 1.54) is 12.1 Å². The van der Waals surface area contributed by atoms with Crippen molar-refractivity contribution in [1.29, 1.82) is 0 Å². The normalized spacial score (nSPS) is 10.8. The van der Waals surface area contributed by atoms with Crippen molar-refractivity contribution in [3.63, 3.8) is 0 Å². The third-order valence-electron chi connectivity index (χ3n) is 3.13. The first-order chi connectivity index (χ1) is 9.54. The second-order valence-corrected chi connectivity index (χ2v) is 5.09. The van der Waals surface area contributed by atoms with Crippen LogP contribution in [0, 0.1) is 12.7 Å². The third kappa shape index (κ3) is 4.00. The van der Waals surface area contributed by atoms with Crippen LogP contribution in [-0.4, -0.2) is 24.3 Å². The number of halogens is 1. The van der Waals surface area contributed by atoms with Gasteiger partial charge >= 0.3 is 0 Å². The lowest BCUT2D eigenvalue weighted by atomic mass is 10.1. The summed E-state index contributed by atoms with van der Waals surface area (Å²) in [5.41, 5.74) is 2.71. The third-order valence-corrected chi connectivity index (χ3v) is 3.13. The van der Waals surface area contributed by atoms with E-state index in [2.05, 4.69) is 0 Å². The first-order valence-electron chi connectivity index (χ1n) is 6.57. The summed E-state index contributed by atoms with van der Waals surface area (Å²) in [7, 11) is 1.86. The molecule has 2 rings (SSSR count). The van der Waals surface area contributed by atoms with Crippen LogP contribution in [0.15, 0.2) is 48.5 Å². The summed E-state index contributed by atoms with van der Waals surface area (Å²) in [5.74, 6) is -0.176. The van der Waals surface area contributed by atoms with Crippen molar-refractivity contribution < 1.29 is 9.18 Å². The molecule has 2 aromatic rings. The van der Waals surface area contributed by atoms with Gasteiger partial charge in [-0.3, -0.25) is 9.69 Å². The predicted molar refractivity (Wildman–Crippen MR) is 78.2 cm³/mol. The molecule has 0 amide bonds. The van der Waals surface area contributed by atoms with Gasteiger partial charge in [-0.2, -0.15) is 0 Å². The van der Waals surface area contributed by atoms with Crippen LogP contribution >= 0.6 is 0 Å². The first-order valence-corrected chi connectivity index (χ1v) is 6.57. The molecule has 0 aromatic heterocycles. The van der Waals surface area contributed by atoms with Crippen molar-refractivity contribution in [2.45, 2.75) is 13.5 Å². The molecule has 2 aromatic carbocycles. The van der Waals surface area contributed by atoms with E-state index in [4.69, 9.17) is 0 Å². The van der Waals surface area contributed by atoms with Gasteiger partial charge in [-0.15, -0.1) is 0 Å². The second kappa shape index (κ2) is 6.44. The topological polar surface area (TPSA) is 20.3 Å². The Labute approximate surface area is 118 Å². The summed E-state index contributed by atoms with van der Waals surface area (Å²) in [4.78, 5) is 14.0. The number of rotatable bonds is 5. The van der Waals surface area contributed by atoms with E-state index < -0.39 is 0 Å². The number of ketones is 1. The van der Waals surface area contributed by atoms with E-state index in [1.807, 2.05) is 49.2 Å². The van der Waals surface area contributed by atoms with Gasteiger partial charge in [0.05, 0.1) is 6.54 Å². The van der Waals surface area contributed by atoms with Crippen molar-refractivity contribution in [2.75, 3.05) is 13.6 Å². The Hall–Kier alpha value is -2.00. The van der Waals surface area contributed by atoms with Gasteiger partial charge in [0.2, 0.25) is 0 Å². The molecule has 20 heavy (non-hydrogen) atoms. The Morgan fingerprint density at radius 3 is 2.50 bits per heavy atom. The standard InChI is InChI=1S/C17H18FNO/c1-13-6-8-15(9-7-13)17(20)12-19(2)11-14-4-3-5-16(18)10-14/h3-10H,11-12H2,1-2H3. The van der Waals surface area contributed by atoms with E-state index in [0.717, 1.165) is 11.1 Å². The number of Topliss-reactive ketones (excluding diaryl/α,β-unsaturated/α-hetero) is 1. The maximum atomic E-state index is 13.1. The van der Waals surface area contributed by atoms with Gasteiger partial charge in [-0.05, 0) is 31.7 Å². The molecule has 0 aliphatic carbocycles. The van der Waals surface area contributed by atoms with Gasteiger partial charge in [0.1, 0.15) is 5.82 Å². The van der Waals surface area contributed by atoms with Crippen molar-refractivity contribution in [1.82, 2.24) is 4.90 Å². The van der Waals surface area contributed by atoms with Crippen LogP contribution in [0.25, 0.3) is 0 Å². The summed E-state index contributed by atoms with van der Waals surface area (Å²) < 4.78 is 13.1. The Bertz CT molecular complexity index is 592. The fourth-order valence-electron chi connectivity index (χ4n) is 2.08. The highest BCUT2D eigenvalue weighted by molar-refractivity contribution is 5.97. The lowest BCUT2D eigenvalue weighted by Crippen LogP contribution is -2.25. The molecule has 3 heteroatoms. The summed E-state index contributed by atoms with van der Waals surface area (Å²) in [5, 5.41) is 0. The van der Waals surface area contributed by atoms with Gasteiger partial charge in [-0.1, -0.05) is 42.0 Å². The molecule has 2 nitrogen and oxygen atoms in total. The second-order valence-electron chi connectivity index (χ2n) is 5.09. The molecule has 0 spiro atoms. The molecule has 0 N–H and O–H groups in total. The summed E-state index contributed by atoms with van der Waals surface area (Å²) in [6.45, 7) is 2.86. The minimum Gasteiger partial charge on any atom is -0.295 e.